The molecule has 0 atom stereocenters. The Morgan fingerprint density at radius 1 is 1.39 bits per heavy atom. The van der Waals surface area contributed by atoms with Crippen LogP contribution in [0.15, 0.2) is 18.2 Å². The van der Waals surface area contributed by atoms with E-state index in [1.165, 1.54) is 18.1 Å². The Hall–Kier alpha value is -1.91. The normalized spacial score (nSPS) is 10.0. The van der Waals surface area contributed by atoms with Gasteiger partial charge in [0, 0.05) is 13.6 Å². The first kappa shape index (κ1) is 14.2. The molecule has 98 valence electrons. The molecule has 0 spiro atoms. The molecule has 0 saturated carbocycles. The van der Waals surface area contributed by atoms with Crippen LogP contribution < -0.4 is 0 Å². The zero-order chi connectivity index (χ0) is 13.7. The second kappa shape index (κ2) is 6.14. The molecule has 0 bridgehead atoms. The van der Waals surface area contributed by atoms with Gasteiger partial charge < -0.3 is 9.64 Å². The predicted molar refractivity (Wildman–Crippen MR) is 64.2 cm³/mol. The van der Waals surface area contributed by atoms with Gasteiger partial charge in [0.05, 0.1) is 7.11 Å². The third-order valence-electron chi connectivity index (χ3n) is 2.59. The van der Waals surface area contributed by atoms with Gasteiger partial charge in [0.15, 0.2) is 0 Å². The highest BCUT2D eigenvalue weighted by Gasteiger charge is 2.14. The number of nitrogens with zero attached hydrogens (tertiary/aromatic N) is 1. The van der Waals surface area contributed by atoms with Crippen LogP contribution in [0.4, 0.5) is 4.39 Å². The van der Waals surface area contributed by atoms with E-state index >= 15 is 0 Å². The molecule has 0 aliphatic heterocycles. The number of amides is 1. The monoisotopic (exact) mass is 253 g/mol. The molecule has 0 aliphatic carbocycles. The summed E-state index contributed by atoms with van der Waals surface area (Å²) in [5.41, 5.74) is 1.34. The molecular weight excluding hydrogens is 237 g/mol. The van der Waals surface area contributed by atoms with Gasteiger partial charge in [0.25, 0.3) is 0 Å². The van der Waals surface area contributed by atoms with Gasteiger partial charge in [-0.05, 0) is 24.1 Å². The van der Waals surface area contributed by atoms with Gasteiger partial charge in [-0.25, -0.2) is 4.39 Å². The van der Waals surface area contributed by atoms with Crippen LogP contribution in [0.3, 0.4) is 0 Å². The molecule has 0 fully saturated rings. The number of aryl methyl sites for hydroxylation is 1. The molecule has 0 saturated heterocycles. The van der Waals surface area contributed by atoms with Crippen LogP contribution in [-0.2, 0) is 20.9 Å². The summed E-state index contributed by atoms with van der Waals surface area (Å²) in [5.74, 6) is -1.17. The van der Waals surface area contributed by atoms with E-state index in [4.69, 9.17) is 0 Å². The van der Waals surface area contributed by atoms with Crippen LogP contribution in [0.25, 0.3) is 0 Å². The SMILES string of the molecule is COC(=O)CC(=O)N(C)Cc1ccc(F)c(C)c1. The molecule has 0 radical (unpaired) electrons. The molecule has 0 aromatic heterocycles. The summed E-state index contributed by atoms with van der Waals surface area (Å²) in [6.45, 7) is 1.99. The van der Waals surface area contributed by atoms with E-state index in [0.29, 0.717) is 12.1 Å². The zero-order valence-corrected chi connectivity index (χ0v) is 10.7. The molecule has 5 heteroatoms. The van der Waals surface area contributed by atoms with Crippen LogP contribution in [0.5, 0.6) is 0 Å². The number of halogens is 1. The van der Waals surface area contributed by atoms with E-state index in [1.807, 2.05) is 0 Å². The number of carbonyl (C=O) groups excluding carboxylic acids is 2. The van der Waals surface area contributed by atoms with Crippen molar-refractivity contribution in [3.63, 3.8) is 0 Å². The summed E-state index contributed by atoms with van der Waals surface area (Å²) < 4.78 is 17.5. The number of rotatable bonds is 4. The Kier molecular flexibility index (Phi) is 4.83. The third-order valence-corrected chi connectivity index (χ3v) is 2.59. The zero-order valence-electron chi connectivity index (χ0n) is 10.7. The molecular formula is C13H16FNO3. The van der Waals surface area contributed by atoms with Crippen molar-refractivity contribution in [3.05, 3.63) is 35.1 Å². The maximum Gasteiger partial charge on any atom is 0.315 e. The second-order valence-electron chi connectivity index (χ2n) is 4.09. The van der Waals surface area contributed by atoms with Crippen molar-refractivity contribution in [2.24, 2.45) is 0 Å². The van der Waals surface area contributed by atoms with Gasteiger partial charge in [-0.1, -0.05) is 12.1 Å². The number of carbonyl (C=O) groups is 2. The topological polar surface area (TPSA) is 46.6 Å². The Labute approximate surface area is 105 Å². The average Bonchev–Trinajstić information content (AvgIpc) is 2.33. The molecule has 4 nitrogen and oxygen atoms in total. The minimum absolute atomic E-state index is 0.276. The van der Waals surface area contributed by atoms with Crippen molar-refractivity contribution in [2.75, 3.05) is 14.2 Å². The van der Waals surface area contributed by atoms with Crippen molar-refractivity contribution in [1.82, 2.24) is 4.90 Å². The molecule has 0 N–H and O–H groups in total. The molecule has 0 unspecified atom stereocenters. The standard InChI is InChI=1S/C13H16FNO3/c1-9-6-10(4-5-11(9)14)8-15(2)12(16)7-13(17)18-3/h4-6H,7-8H2,1-3H3. The maximum atomic E-state index is 13.1. The van der Waals surface area contributed by atoms with E-state index in [0.717, 1.165) is 5.56 Å². The molecule has 0 aliphatic rings. The number of ether oxygens (including phenoxy) is 1. The highest BCUT2D eigenvalue weighted by Crippen LogP contribution is 2.11. The molecule has 1 aromatic rings. The number of esters is 1. The van der Waals surface area contributed by atoms with E-state index in [9.17, 15) is 14.0 Å². The summed E-state index contributed by atoms with van der Waals surface area (Å²) in [4.78, 5) is 24.0. The lowest BCUT2D eigenvalue weighted by atomic mass is 10.1. The summed E-state index contributed by atoms with van der Waals surface area (Å²) >= 11 is 0. The van der Waals surface area contributed by atoms with Crippen molar-refractivity contribution in [3.8, 4) is 0 Å². The quantitative estimate of drug-likeness (QED) is 0.605. The number of methoxy groups -OCH3 is 1. The lowest BCUT2D eigenvalue weighted by molar-refractivity contribution is -0.146. The Morgan fingerprint density at radius 3 is 2.61 bits per heavy atom. The third kappa shape index (κ3) is 3.84. The van der Waals surface area contributed by atoms with Gasteiger partial charge in [0.1, 0.15) is 12.2 Å². The molecule has 1 rings (SSSR count). The smallest absolute Gasteiger partial charge is 0.315 e. The van der Waals surface area contributed by atoms with E-state index < -0.39 is 5.97 Å². The molecule has 1 aromatic carbocycles. The molecule has 1 amide bonds. The minimum atomic E-state index is -0.567. The van der Waals surface area contributed by atoms with E-state index in [2.05, 4.69) is 4.74 Å². The highest BCUT2D eigenvalue weighted by atomic mass is 19.1. The maximum absolute atomic E-state index is 13.1. The highest BCUT2D eigenvalue weighted by molar-refractivity contribution is 5.94. The van der Waals surface area contributed by atoms with Gasteiger partial charge in [-0.2, -0.15) is 0 Å². The first-order valence-electron chi connectivity index (χ1n) is 5.50. The Balaban J connectivity index is 2.63. The fourth-order valence-electron chi connectivity index (χ4n) is 1.50. The van der Waals surface area contributed by atoms with Crippen LogP contribution in [0.2, 0.25) is 0 Å². The first-order valence-corrected chi connectivity index (χ1v) is 5.50. The van der Waals surface area contributed by atoms with Gasteiger partial charge in [-0.3, -0.25) is 9.59 Å². The Morgan fingerprint density at radius 2 is 2.06 bits per heavy atom. The van der Waals surface area contributed by atoms with Crippen LogP contribution in [-0.4, -0.2) is 30.9 Å². The summed E-state index contributed by atoms with van der Waals surface area (Å²) in [5, 5.41) is 0. The molecule has 18 heavy (non-hydrogen) atoms. The van der Waals surface area contributed by atoms with Gasteiger partial charge in [-0.15, -0.1) is 0 Å². The first-order chi connectivity index (χ1) is 8.43. The number of hydrogen-bond acceptors (Lipinski definition) is 3. The summed E-state index contributed by atoms with van der Waals surface area (Å²) in [6.07, 6.45) is -0.285. The van der Waals surface area contributed by atoms with Crippen LogP contribution in [0, 0.1) is 12.7 Å². The lowest BCUT2D eigenvalue weighted by Gasteiger charge is -2.17. The number of benzene rings is 1. The van der Waals surface area contributed by atoms with Crippen LogP contribution in [0.1, 0.15) is 17.5 Å². The predicted octanol–water partition coefficient (Wildman–Crippen LogP) is 1.66. The Bertz CT molecular complexity index is 460. The van der Waals surface area contributed by atoms with E-state index in [1.54, 1.807) is 26.1 Å². The van der Waals surface area contributed by atoms with Crippen molar-refractivity contribution in [2.45, 2.75) is 19.9 Å². The second-order valence-corrected chi connectivity index (χ2v) is 4.09. The number of hydrogen-bond donors (Lipinski definition) is 0. The summed E-state index contributed by atoms with van der Waals surface area (Å²) in [6, 6.07) is 4.66. The summed E-state index contributed by atoms with van der Waals surface area (Å²) in [7, 11) is 2.82. The van der Waals surface area contributed by atoms with Crippen molar-refractivity contribution in [1.29, 1.82) is 0 Å². The average molecular weight is 253 g/mol. The van der Waals surface area contributed by atoms with Crippen LogP contribution >= 0.6 is 0 Å². The van der Waals surface area contributed by atoms with E-state index in [-0.39, 0.29) is 18.1 Å². The van der Waals surface area contributed by atoms with Crippen molar-refractivity contribution >= 4 is 11.9 Å². The molecule has 0 heterocycles. The minimum Gasteiger partial charge on any atom is -0.469 e. The fraction of sp³-hybridized carbons (Fsp3) is 0.385. The van der Waals surface area contributed by atoms with Crippen molar-refractivity contribution < 1.29 is 18.7 Å². The van der Waals surface area contributed by atoms with Gasteiger partial charge in [0.2, 0.25) is 5.91 Å². The largest absolute Gasteiger partial charge is 0.469 e. The fourth-order valence-corrected chi connectivity index (χ4v) is 1.50. The lowest BCUT2D eigenvalue weighted by Crippen LogP contribution is -2.28. The van der Waals surface area contributed by atoms with Gasteiger partial charge >= 0.3 is 5.97 Å².